The second-order valence-electron chi connectivity index (χ2n) is 6.00. The van der Waals surface area contributed by atoms with E-state index in [4.69, 9.17) is 27.9 Å². The number of aromatic amines is 1. The van der Waals surface area contributed by atoms with Gasteiger partial charge in [-0.05, 0) is 12.1 Å². The van der Waals surface area contributed by atoms with E-state index < -0.39 is 44.3 Å². The van der Waals surface area contributed by atoms with Crippen LogP contribution in [0.4, 0.5) is 8.78 Å². The summed E-state index contributed by atoms with van der Waals surface area (Å²) >= 11 is 12.0. The maximum absolute atomic E-state index is 14.0. The van der Waals surface area contributed by atoms with Crippen LogP contribution in [-0.2, 0) is 15.0 Å². The van der Waals surface area contributed by atoms with Crippen molar-refractivity contribution in [2.75, 3.05) is 13.8 Å². The van der Waals surface area contributed by atoms with E-state index in [1.54, 1.807) is 24.3 Å². The van der Waals surface area contributed by atoms with Crippen LogP contribution in [0.1, 0.15) is 5.56 Å². The number of alkyl halides is 2. The van der Waals surface area contributed by atoms with Crippen molar-refractivity contribution in [1.82, 2.24) is 14.7 Å². The third kappa shape index (κ3) is 3.90. The summed E-state index contributed by atoms with van der Waals surface area (Å²) in [4.78, 5) is 3.67. The third-order valence-corrected chi connectivity index (χ3v) is 6.65. The van der Waals surface area contributed by atoms with Gasteiger partial charge in [-0.25, -0.2) is 17.2 Å². The minimum Gasteiger partial charge on any atom is -0.481 e. The summed E-state index contributed by atoms with van der Waals surface area (Å²) in [5.41, 5.74) is 0.0769. The first-order valence-corrected chi connectivity index (χ1v) is 10.3. The molecule has 1 aromatic carbocycles. The number of nitrogens with zero attached hydrogens (tertiary/aromatic N) is 1. The molecule has 29 heavy (non-hydrogen) atoms. The number of ether oxygens (including phenoxy) is 1. The van der Waals surface area contributed by atoms with Crippen LogP contribution < -0.4 is 9.46 Å². The van der Waals surface area contributed by atoms with Gasteiger partial charge in [0.15, 0.2) is 16.0 Å². The zero-order valence-electron chi connectivity index (χ0n) is 14.8. The maximum Gasteiger partial charge on any atom is 0.244 e. The van der Waals surface area contributed by atoms with Crippen LogP contribution in [0.3, 0.4) is 0 Å². The maximum atomic E-state index is 14.0. The van der Waals surface area contributed by atoms with Crippen LogP contribution in [0.5, 0.6) is 5.88 Å². The van der Waals surface area contributed by atoms with Crippen molar-refractivity contribution in [2.24, 2.45) is 0 Å². The number of sulfonamides is 1. The number of aromatic nitrogens is 2. The summed E-state index contributed by atoms with van der Waals surface area (Å²) in [6.45, 7) is -1.45. The Hall–Kier alpha value is -1.98. The van der Waals surface area contributed by atoms with Gasteiger partial charge in [-0.3, -0.25) is 0 Å². The molecule has 0 radical (unpaired) electrons. The molecule has 0 aliphatic carbocycles. The predicted octanol–water partition coefficient (Wildman–Crippen LogP) is 3.06. The minimum atomic E-state index is -4.43. The lowest BCUT2D eigenvalue weighted by molar-refractivity contribution is 0.0875. The first kappa shape index (κ1) is 21.7. The molecule has 0 aliphatic heterocycles. The quantitative estimate of drug-likeness (QED) is 0.282. The molecule has 0 aliphatic rings. The van der Waals surface area contributed by atoms with Gasteiger partial charge < -0.3 is 14.8 Å². The zero-order chi connectivity index (χ0) is 21.4. The zero-order valence-corrected chi connectivity index (χ0v) is 17.1. The molecule has 2 aromatic heterocycles. The van der Waals surface area contributed by atoms with Gasteiger partial charge in [0.2, 0.25) is 15.9 Å². The summed E-state index contributed by atoms with van der Waals surface area (Å²) in [6.07, 6.45) is -0.898. The Morgan fingerprint density at radius 2 is 2.10 bits per heavy atom. The van der Waals surface area contributed by atoms with E-state index in [9.17, 15) is 22.3 Å². The molecular weight excluding hydrogens is 451 g/mol. The number of hydrogen-bond donors (Lipinski definition) is 3. The van der Waals surface area contributed by atoms with Gasteiger partial charge >= 0.3 is 0 Å². The number of aliphatic hydroxyl groups excluding tert-OH is 1. The van der Waals surface area contributed by atoms with Gasteiger partial charge in [-0.1, -0.05) is 41.4 Å². The lowest BCUT2D eigenvalue weighted by atomic mass is 10.0. The second-order valence-corrected chi connectivity index (χ2v) is 8.61. The van der Waals surface area contributed by atoms with Crippen molar-refractivity contribution < 1.29 is 27.0 Å². The van der Waals surface area contributed by atoms with Crippen molar-refractivity contribution in [1.29, 1.82) is 0 Å². The highest BCUT2D eigenvalue weighted by molar-refractivity contribution is 7.89. The topological polar surface area (TPSA) is 104 Å². The minimum absolute atomic E-state index is 0.203. The van der Waals surface area contributed by atoms with E-state index in [-0.39, 0.29) is 10.8 Å². The molecular formula is C17H15Cl2F2N3O4S. The second kappa shape index (κ2) is 8.04. The largest absolute Gasteiger partial charge is 0.481 e. The Balaban J connectivity index is 2.16. The number of nitrogens with one attached hydrogen (secondary N) is 2. The smallest absolute Gasteiger partial charge is 0.244 e. The van der Waals surface area contributed by atoms with Gasteiger partial charge in [0, 0.05) is 17.1 Å². The fourth-order valence-electron chi connectivity index (χ4n) is 2.79. The Kier molecular flexibility index (Phi) is 6.02. The molecule has 3 N–H and O–H groups in total. The summed E-state index contributed by atoms with van der Waals surface area (Å²) < 4.78 is 60.5. The highest BCUT2D eigenvalue weighted by Gasteiger charge is 2.45. The predicted molar refractivity (Wildman–Crippen MR) is 104 cm³/mol. The summed E-state index contributed by atoms with van der Waals surface area (Å²) in [5, 5.41) is 9.97. The normalized spacial score (nSPS) is 15.2. The molecule has 3 aromatic rings. The van der Waals surface area contributed by atoms with Gasteiger partial charge in [0.25, 0.3) is 0 Å². The van der Waals surface area contributed by atoms with E-state index in [0.717, 1.165) is 13.2 Å². The molecule has 2 heterocycles. The molecule has 12 heteroatoms. The van der Waals surface area contributed by atoms with E-state index in [0.29, 0.717) is 10.9 Å². The van der Waals surface area contributed by atoms with E-state index in [1.165, 1.54) is 6.20 Å². The number of para-hydroxylation sites is 1. The van der Waals surface area contributed by atoms with Gasteiger partial charge in [0.05, 0.1) is 12.7 Å². The standard InChI is InChI=1S/C17H15Cl2F2N3O4S/c1-28-16-10(6-11(21)15(18)23-16)17(19,14(25)7-20)24-29(26,27)13-8-22-12-5-3-2-4-9(12)13/h2-6,8,14,22,24-25H,7H2,1H3. The number of methoxy groups -OCH3 is 1. The van der Waals surface area contributed by atoms with Crippen LogP contribution in [0, 0.1) is 5.82 Å². The molecule has 0 fully saturated rings. The van der Waals surface area contributed by atoms with Gasteiger partial charge in [-0.2, -0.15) is 9.71 Å². The Bertz CT molecular complexity index is 1160. The molecule has 3 rings (SSSR count). The van der Waals surface area contributed by atoms with Gasteiger partial charge in [-0.15, -0.1) is 0 Å². The monoisotopic (exact) mass is 465 g/mol. The summed E-state index contributed by atoms with van der Waals surface area (Å²) in [5.74, 6) is -1.45. The summed E-state index contributed by atoms with van der Waals surface area (Å²) in [7, 11) is -3.28. The number of halogens is 4. The number of benzene rings is 1. The number of H-pyrrole nitrogens is 1. The first-order valence-electron chi connectivity index (χ1n) is 8.07. The number of aliphatic hydroxyl groups is 1. The Morgan fingerprint density at radius 3 is 2.76 bits per heavy atom. The molecule has 0 spiro atoms. The molecule has 156 valence electrons. The highest BCUT2D eigenvalue weighted by atomic mass is 35.5. The van der Waals surface area contributed by atoms with E-state index >= 15 is 0 Å². The lowest BCUT2D eigenvalue weighted by Gasteiger charge is -2.32. The molecule has 0 bridgehead atoms. The van der Waals surface area contributed by atoms with Crippen molar-refractivity contribution in [3.8, 4) is 5.88 Å². The highest BCUT2D eigenvalue weighted by Crippen LogP contribution is 2.39. The molecule has 0 saturated carbocycles. The summed E-state index contributed by atoms with van der Waals surface area (Å²) in [6, 6.07) is 7.25. The average molecular weight is 466 g/mol. The van der Waals surface area contributed by atoms with Crippen LogP contribution in [-0.4, -0.2) is 43.4 Å². The molecule has 2 unspecified atom stereocenters. The molecule has 0 saturated heterocycles. The van der Waals surface area contributed by atoms with Crippen molar-refractivity contribution in [3.05, 3.63) is 53.1 Å². The Morgan fingerprint density at radius 1 is 1.41 bits per heavy atom. The van der Waals surface area contributed by atoms with Crippen molar-refractivity contribution in [2.45, 2.75) is 16.0 Å². The fourth-order valence-corrected chi connectivity index (χ4v) is 4.85. The first-order chi connectivity index (χ1) is 13.6. The number of rotatable bonds is 7. The molecule has 0 amide bonds. The van der Waals surface area contributed by atoms with Crippen LogP contribution in [0.25, 0.3) is 10.9 Å². The fraction of sp³-hybridized carbons (Fsp3) is 0.235. The number of fused-ring (bicyclic) bond motifs is 1. The van der Waals surface area contributed by atoms with Crippen molar-refractivity contribution >= 4 is 44.1 Å². The Labute approximate surface area is 174 Å². The van der Waals surface area contributed by atoms with Crippen LogP contribution in [0.15, 0.2) is 41.4 Å². The third-order valence-electron chi connectivity index (χ3n) is 4.21. The lowest BCUT2D eigenvalue weighted by Crippen LogP contribution is -2.51. The van der Waals surface area contributed by atoms with E-state index in [1.807, 2.05) is 0 Å². The number of hydrogen-bond acceptors (Lipinski definition) is 5. The van der Waals surface area contributed by atoms with Crippen LogP contribution >= 0.6 is 23.2 Å². The van der Waals surface area contributed by atoms with Crippen LogP contribution in [0.2, 0.25) is 5.15 Å². The van der Waals surface area contributed by atoms with E-state index in [2.05, 4.69) is 14.7 Å². The molecule has 2 atom stereocenters. The molecule has 7 nitrogen and oxygen atoms in total. The average Bonchev–Trinajstić information content (AvgIpc) is 3.13. The number of pyridine rings is 1. The van der Waals surface area contributed by atoms with Crippen molar-refractivity contribution in [3.63, 3.8) is 0 Å². The van der Waals surface area contributed by atoms with Gasteiger partial charge in [0.1, 0.15) is 17.7 Å². The SMILES string of the molecule is COc1nc(Cl)c(F)cc1C(Cl)(NS(=O)(=O)c1c[nH]c2ccccc12)C(O)CF.